The van der Waals surface area contributed by atoms with E-state index in [9.17, 15) is 4.79 Å². The highest BCUT2D eigenvalue weighted by atomic mass is 127. The van der Waals surface area contributed by atoms with Gasteiger partial charge in [-0.15, -0.1) is 0 Å². The lowest BCUT2D eigenvalue weighted by Gasteiger charge is -2.14. The van der Waals surface area contributed by atoms with Crippen molar-refractivity contribution in [2.24, 2.45) is 0 Å². The molecule has 2 aromatic carbocycles. The van der Waals surface area contributed by atoms with Gasteiger partial charge in [-0.3, -0.25) is 4.79 Å². The van der Waals surface area contributed by atoms with Crippen LogP contribution in [0.1, 0.15) is 6.92 Å². The lowest BCUT2D eigenvalue weighted by Crippen LogP contribution is -2.30. The van der Waals surface area contributed by atoms with E-state index in [1.165, 1.54) is 0 Å². The van der Waals surface area contributed by atoms with Gasteiger partial charge in [0.15, 0.2) is 6.10 Å². The van der Waals surface area contributed by atoms with Crippen molar-refractivity contribution < 1.29 is 9.53 Å². The van der Waals surface area contributed by atoms with Gasteiger partial charge in [0.1, 0.15) is 5.75 Å². The third kappa shape index (κ3) is 4.24. The Bertz CT molecular complexity index is 557. The first-order valence-electron chi connectivity index (χ1n) is 5.93. The number of hydrogen-bond donors (Lipinski definition) is 1. The molecule has 4 heteroatoms. The Labute approximate surface area is 126 Å². The first-order chi connectivity index (χ1) is 9.15. The van der Waals surface area contributed by atoms with Crippen LogP contribution in [-0.4, -0.2) is 12.0 Å². The van der Waals surface area contributed by atoms with Gasteiger partial charge in [0.2, 0.25) is 0 Å². The average Bonchev–Trinajstić information content (AvgIpc) is 2.40. The summed E-state index contributed by atoms with van der Waals surface area (Å²) in [5.74, 6) is 0.527. The van der Waals surface area contributed by atoms with Crippen LogP contribution in [0.4, 0.5) is 5.69 Å². The zero-order valence-corrected chi connectivity index (χ0v) is 12.6. The average molecular weight is 367 g/mol. The van der Waals surface area contributed by atoms with Gasteiger partial charge in [0, 0.05) is 9.26 Å². The fourth-order valence-electron chi connectivity index (χ4n) is 1.57. The number of carbonyl (C=O) groups excluding carboxylic acids is 1. The topological polar surface area (TPSA) is 38.3 Å². The van der Waals surface area contributed by atoms with Gasteiger partial charge in [0.05, 0.1) is 0 Å². The molecule has 0 spiro atoms. The molecule has 19 heavy (non-hydrogen) atoms. The van der Waals surface area contributed by atoms with Crippen molar-refractivity contribution in [3.8, 4) is 5.75 Å². The largest absolute Gasteiger partial charge is 0.481 e. The fourth-order valence-corrected chi connectivity index (χ4v) is 2.11. The molecule has 0 aliphatic heterocycles. The summed E-state index contributed by atoms with van der Waals surface area (Å²) < 4.78 is 6.64. The molecule has 0 aliphatic rings. The molecule has 0 bridgehead atoms. The number of hydrogen-bond acceptors (Lipinski definition) is 2. The van der Waals surface area contributed by atoms with E-state index in [-0.39, 0.29) is 5.91 Å². The molecule has 0 saturated carbocycles. The SMILES string of the molecule is C[C@@H](Oc1ccccc1)C(=O)Nc1cccc(I)c1. The molecule has 98 valence electrons. The summed E-state index contributed by atoms with van der Waals surface area (Å²) in [6.45, 7) is 1.73. The molecule has 0 heterocycles. The van der Waals surface area contributed by atoms with Crippen LogP contribution in [0.3, 0.4) is 0 Å². The third-order valence-electron chi connectivity index (χ3n) is 2.52. The van der Waals surface area contributed by atoms with Gasteiger partial charge in [-0.1, -0.05) is 24.3 Å². The predicted octanol–water partition coefficient (Wildman–Crippen LogP) is 3.70. The van der Waals surface area contributed by atoms with E-state index in [0.717, 1.165) is 9.26 Å². The minimum Gasteiger partial charge on any atom is -0.481 e. The monoisotopic (exact) mass is 367 g/mol. The van der Waals surface area contributed by atoms with E-state index < -0.39 is 6.10 Å². The standard InChI is InChI=1S/C15H14INO2/c1-11(19-14-8-3-2-4-9-14)15(18)17-13-7-5-6-12(16)10-13/h2-11H,1H3,(H,17,18)/t11-/m1/s1. The van der Waals surface area contributed by atoms with Gasteiger partial charge in [-0.2, -0.15) is 0 Å². The summed E-state index contributed by atoms with van der Waals surface area (Å²) in [4.78, 5) is 12.0. The summed E-state index contributed by atoms with van der Waals surface area (Å²) in [5, 5.41) is 2.83. The van der Waals surface area contributed by atoms with Crippen LogP contribution >= 0.6 is 22.6 Å². The normalized spacial score (nSPS) is 11.7. The van der Waals surface area contributed by atoms with Crippen LogP contribution in [0.25, 0.3) is 0 Å². The highest BCUT2D eigenvalue weighted by Crippen LogP contribution is 2.14. The Morgan fingerprint density at radius 3 is 2.58 bits per heavy atom. The van der Waals surface area contributed by atoms with E-state index in [1.807, 2.05) is 54.6 Å². The number of nitrogens with one attached hydrogen (secondary N) is 1. The molecular formula is C15H14INO2. The van der Waals surface area contributed by atoms with Gasteiger partial charge >= 0.3 is 0 Å². The molecule has 2 rings (SSSR count). The van der Waals surface area contributed by atoms with Crippen molar-refractivity contribution >= 4 is 34.2 Å². The van der Waals surface area contributed by atoms with Crippen molar-refractivity contribution in [1.29, 1.82) is 0 Å². The molecule has 0 unspecified atom stereocenters. The molecule has 3 nitrogen and oxygen atoms in total. The van der Waals surface area contributed by atoms with Gasteiger partial charge in [0.25, 0.3) is 5.91 Å². The molecule has 0 aliphatic carbocycles. The number of amides is 1. The summed E-state index contributed by atoms with van der Waals surface area (Å²) in [6.07, 6.45) is -0.541. The second-order valence-electron chi connectivity index (χ2n) is 4.07. The fraction of sp³-hybridized carbons (Fsp3) is 0.133. The number of halogens is 1. The van der Waals surface area contributed by atoms with E-state index in [2.05, 4.69) is 27.9 Å². The minimum absolute atomic E-state index is 0.161. The highest BCUT2D eigenvalue weighted by Gasteiger charge is 2.14. The maximum atomic E-state index is 12.0. The quantitative estimate of drug-likeness (QED) is 0.837. The number of benzene rings is 2. The van der Waals surface area contributed by atoms with Crippen molar-refractivity contribution in [2.75, 3.05) is 5.32 Å². The molecule has 0 fully saturated rings. The summed E-state index contributed by atoms with van der Waals surface area (Å²) in [7, 11) is 0. The number of anilines is 1. The third-order valence-corrected chi connectivity index (χ3v) is 3.19. The Morgan fingerprint density at radius 2 is 1.89 bits per heavy atom. The van der Waals surface area contributed by atoms with Crippen LogP contribution in [0.2, 0.25) is 0 Å². The van der Waals surface area contributed by atoms with Crippen molar-refractivity contribution in [1.82, 2.24) is 0 Å². The molecule has 0 aromatic heterocycles. The number of ether oxygens (including phenoxy) is 1. The van der Waals surface area contributed by atoms with Crippen LogP contribution in [0.5, 0.6) is 5.75 Å². The van der Waals surface area contributed by atoms with Crippen LogP contribution < -0.4 is 10.1 Å². The summed E-state index contributed by atoms with van der Waals surface area (Å²) in [6, 6.07) is 17.0. The molecule has 0 radical (unpaired) electrons. The van der Waals surface area contributed by atoms with Crippen molar-refractivity contribution in [3.05, 3.63) is 58.2 Å². The van der Waals surface area contributed by atoms with Crippen LogP contribution in [0, 0.1) is 3.57 Å². The van der Waals surface area contributed by atoms with E-state index >= 15 is 0 Å². The number of rotatable bonds is 4. The lowest BCUT2D eigenvalue weighted by molar-refractivity contribution is -0.122. The Morgan fingerprint density at radius 1 is 1.16 bits per heavy atom. The van der Waals surface area contributed by atoms with Crippen LogP contribution in [-0.2, 0) is 4.79 Å². The smallest absolute Gasteiger partial charge is 0.265 e. The first-order valence-corrected chi connectivity index (χ1v) is 7.01. The maximum Gasteiger partial charge on any atom is 0.265 e. The van der Waals surface area contributed by atoms with Gasteiger partial charge in [-0.25, -0.2) is 0 Å². The minimum atomic E-state index is -0.541. The highest BCUT2D eigenvalue weighted by molar-refractivity contribution is 14.1. The zero-order chi connectivity index (χ0) is 13.7. The Kier molecular flexibility index (Phi) is 4.79. The summed E-state index contributed by atoms with van der Waals surface area (Å²) >= 11 is 2.21. The zero-order valence-electron chi connectivity index (χ0n) is 10.5. The Balaban J connectivity index is 1.96. The molecule has 1 atom stereocenters. The molecule has 2 aromatic rings. The molecule has 0 saturated heterocycles. The van der Waals surface area contributed by atoms with E-state index in [1.54, 1.807) is 6.92 Å². The molecule has 1 amide bonds. The van der Waals surface area contributed by atoms with E-state index in [0.29, 0.717) is 5.75 Å². The number of carbonyl (C=O) groups is 1. The predicted molar refractivity (Wildman–Crippen MR) is 84.3 cm³/mol. The van der Waals surface area contributed by atoms with Crippen molar-refractivity contribution in [2.45, 2.75) is 13.0 Å². The van der Waals surface area contributed by atoms with Gasteiger partial charge < -0.3 is 10.1 Å². The second-order valence-corrected chi connectivity index (χ2v) is 5.32. The number of para-hydroxylation sites is 1. The maximum absolute atomic E-state index is 12.0. The van der Waals surface area contributed by atoms with Crippen molar-refractivity contribution in [3.63, 3.8) is 0 Å². The molecular weight excluding hydrogens is 353 g/mol. The van der Waals surface area contributed by atoms with E-state index in [4.69, 9.17) is 4.74 Å². The Hall–Kier alpha value is -1.56. The lowest BCUT2D eigenvalue weighted by atomic mass is 10.3. The summed E-state index contributed by atoms with van der Waals surface area (Å²) in [5.41, 5.74) is 0.778. The molecule has 1 N–H and O–H groups in total. The van der Waals surface area contributed by atoms with Gasteiger partial charge in [-0.05, 0) is 59.8 Å². The first kappa shape index (κ1) is 13.9. The second kappa shape index (κ2) is 6.56. The van der Waals surface area contributed by atoms with Crippen LogP contribution in [0.15, 0.2) is 54.6 Å².